The molecule has 4 aromatic rings. The van der Waals surface area contributed by atoms with Crippen LogP contribution in [0.5, 0.6) is 11.5 Å². The molecule has 2 aromatic heterocycles. The molecule has 0 fully saturated rings. The van der Waals surface area contributed by atoms with Gasteiger partial charge in [0.05, 0.1) is 13.3 Å². The smallest absolute Gasteiger partial charge is 0.294 e. The van der Waals surface area contributed by atoms with Gasteiger partial charge in [-0.1, -0.05) is 29.5 Å². The Hall–Kier alpha value is -4.74. The van der Waals surface area contributed by atoms with Gasteiger partial charge in [0.1, 0.15) is 17.2 Å². The van der Waals surface area contributed by atoms with E-state index in [0.717, 1.165) is 0 Å². The highest BCUT2D eigenvalue weighted by atomic mass is 16.6. The van der Waals surface area contributed by atoms with Crippen LogP contribution in [-0.4, -0.2) is 49.6 Å². The Balaban J connectivity index is 1.71. The summed E-state index contributed by atoms with van der Waals surface area (Å²) >= 11 is 0. The zero-order chi connectivity index (χ0) is 21.8. The summed E-state index contributed by atoms with van der Waals surface area (Å²) in [5, 5.41) is 28.6. The predicted octanol–water partition coefficient (Wildman–Crippen LogP) is 1.38. The van der Waals surface area contributed by atoms with Crippen LogP contribution in [0.25, 0.3) is 17.1 Å². The summed E-state index contributed by atoms with van der Waals surface area (Å²) < 4.78 is 11.2. The highest BCUT2D eigenvalue weighted by Crippen LogP contribution is 2.28. The van der Waals surface area contributed by atoms with Crippen molar-refractivity contribution < 1.29 is 19.3 Å². The van der Waals surface area contributed by atoms with E-state index in [4.69, 9.17) is 10.5 Å². The van der Waals surface area contributed by atoms with Crippen LogP contribution in [-0.2, 0) is 0 Å². The maximum absolute atomic E-state index is 12.8. The molecule has 12 nitrogen and oxygen atoms in total. The molecule has 156 valence electrons. The molecule has 4 rings (SSSR count). The van der Waals surface area contributed by atoms with E-state index in [1.54, 1.807) is 36.4 Å². The molecule has 0 saturated heterocycles. The maximum Gasteiger partial charge on any atom is 0.294 e. The number of hydrogen-bond acceptors (Lipinski definition) is 10. The number of anilines is 1. The van der Waals surface area contributed by atoms with Crippen LogP contribution in [0, 0.1) is 0 Å². The summed E-state index contributed by atoms with van der Waals surface area (Å²) in [6, 6.07) is 13.3. The molecule has 12 heteroatoms. The number of aromatic nitrogens is 5. The highest BCUT2D eigenvalue weighted by molar-refractivity contribution is 5.99. The van der Waals surface area contributed by atoms with Crippen LogP contribution in [0.3, 0.4) is 0 Å². The minimum atomic E-state index is -0.629. The molecule has 4 N–H and O–H groups in total. The molecule has 0 unspecified atom stereocenters. The topological polar surface area (TPSA) is 167 Å². The van der Waals surface area contributed by atoms with Crippen LogP contribution < -0.4 is 15.9 Å². The van der Waals surface area contributed by atoms with E-state index in [-0.39, 0.29) is 28.8 Å². The van der Waals surface area contributed by atoms with E-state index in [1.807, 2.05) is 0 Å². The number of phenolic OH excluding ortho intramolecular Hbond substituents is 1. The number of nitrogens with one attached hydrogen (secondary N) is 1. The van der Waals surface area contributed by atoms with E-state index in [0.29, 0.717) is 16.9 Å². The van der Waals surface area contributed by atoms with Gasteiger partial charge in [0.2, 0.25) is 11.6 Å². The Bertz CT molecular complexity index is 1260. The van der Waals surface area contributed by atoms with Gasteiger partial charge in [-0.2, -0.15) is 9.78 Å². The summed E-state index contributed by atoms with van der Waals surface area (Å²) in [5.41, 5.74) is 9.59. The molecule has 0 bridgehead atoms. The minimum absolute atomic E-state index is 0.0251. The fourth-order valence-corrected chi connectivity index (χ4v) is 2.77. The Kier molecular flexibility index (Phi) is 5.26. The Labute approximate surface area is 174 Å². The van der Waals surface area contributed by atoms with Gasteiger partial charge in [-0.25, -0.2) is 10.1 Å². The number of carbonyl (C=O) groups excluding carboxylic acids is 1. The van der Waals surface area contributed by atoms with Crippen LogP contribution in [0.1, 0.15) is 16.1 Å². The summed E-state index contributed by atoms with van der Waals surface area (Å²) in [6.45, 7) is 0. The van der Waals surface area contributed by atoms with Gasteiger partial charge < -0.3 is 15.6 Å². The number of hydrogen-bond donors (Lipinski definition) is 3. The summed E-state index contributed by atoms with van der Waals surface area (Å²) in [7, 11) is 1.53. The Morgan fingerprint density at radius 1 is 1.26 bits per heavy atom. The standard InChI is InChI=1S/C19H16N8O4/c1-30-14-7-3-5-12(9-14)16-15(22-26-27(16)18-17(20)24-31-25-18)19(29)23-21-10-11-4-2-6-13(28)8-11/h2-10,28H,1H3,(H2,20,24)(H,23,29). The third kappa shape index (κ3) is 4.03. The number of benzene rings is 2. The second-order valence-electron chi connectivity index (χ2n) is 6.20. The maximum atomic E-state index is 12.8. The number of aromatic hydroxyl groups is 1. The summed E-state index contributed by atoms with van der Waals surface area (Å²) in [6.07, 6.45) is 1.38. The molecule has 0 aliphatic rings. The van der Waals surface area contributed by atoms with Gasteiger partial charge in [0.15, 0.2) is 5.69 Å². The van der Waals surface area contributed by atoms with Gasteiger partial charge in [-0.3, -0.25) is 4.79 Å². The number of methoxy groups -OCH3 is 1. The average molecular weight is 420 g/mol. The van der Waals surface area contributed by atoms with Crippen molar-refractivity contribution in [2.45, 2.75) is 0 Å². The number of nitrogens with two attached hydrogens (primary N) is 1. The number of phenols is 1. The van der Waals surface area contributed by atoms with Gasteiger partial charge in [0, 0.05) is 5.56 Å². The zero-order valence-corrected chi connectivity index (χ0v) is 16.1. The van der Waals surface area contributed by atoms with Gasteiger partial charge in [-0.15, -0.1) is 5.10 Å². The van der Waals surface area contributed by atoms with Crippen molar-refractivity contribution >= 4 is 17.9 Å². The molecular formula is C19H16N8O4. The van der Waals surface area contributed by atoms with E-state index >= 15 is 0 Å². The van der Waals surface area contributed by atoms with Crippen LogP contribution >= 0.6 is 0 Å². The first-order valence-corrected chi connectivity index (χ1v) is 8.88. The second-order valence-corrected chi connectivity index (χ2v) is 6.20. The van der Waals surface area contributed by atoms with Gasteiger partial charge in [0.25, 0.3) is 5.91 Å². The van der Waals surface area contributed by atoms with Crippen molar-refractivity contribution in [3.8, 4) is 28.6 Å². The molecule has 2 aromatic carbocycles. The van der Waals surface area contributed by atoms with Crippen molar-refractivity contribution in [3.05, 3.63) is 59.8 Å². The predicted molar refractivity (Wildman–Crippen MR) is 109 cm³/mol. The molecule has 31 heavy (non-hydrogen) atoms. The van der Waals surface area contributed by atoms with Crippen LogP contribution in [0.15, 0.2) is 58.3 Å². The van der Waals surface area contributed by atoms with Crippen molar-refractivity contribution in [1.82, 2.24) is 30.7 Å². The molecule has 1 amide bonds. The van der Waals surface area contributed by atoms with Crippen molar-refractivity contribution in [3.63, 3.8) is 0 Å². The lowest BCUT2D eigenvalue weighted by molar-refractivity contribution is 0.0950. The van der Waals surface area contributed by atoms with E-state index in [1.165, 1.54) is 30.1 Å². The molecule has 2 heterocycles. The lowest BCUT2D eigenvalue weighted by Crippen LogP contribution is -2.19. The van der Waals surface area contributed by atoms with E-state index in [9.17, 15) is 9.90 Å². The number of nitrogens with zero attached hydrogens (tertiary/aromatic N) is 6. The minimum Gasteiger partial charge on any atom is -0.508 e. The highest BCUT2D eigenvalue weighted by Gasteiger charge is 2.25. The zero-order valence-electron chi connectivity index (χ0n) is 16.1. The number of ether oxygens (including phenoxy) is 1. The van der Waals surface area contributed by atoms with Crippen molar-refractivity contribution in [2.75, 3.05) is 12.8 Å². The SMILES string of the molecule is COc1cccc(-c2c(C(=O)NN=Cc3cccc(O)c3)nnn2-c2nonc2N)c1. The van der Waals surface area contributed by atoms with Crippen molar-refractivity contribution in [2.24, 2.45) is 5.10 Å². The molecule has 0 aliphatic heterocycles. The number of nitrogen functional groups attached to an aromatic ring is 1. The second kappa shape index (κ2) is 8.32. The average Bonchev–Trinajstić information content (AvgIpc) is 3.39. The molecular weight excluding hydrogens is 404 g/mol. The molecule has 0 saturated carbocycles. The Morgan fingerprint density at radius 2 is 2.10 bits per heavy atom. The van der Waals surface area contributed by atoms with E-state index < -0.39 is 5.91 Å². The first-order valence-electron chi connectivity index (χ1n) is 8.88. The number of amides is 1. The molecule has 0 aliphatic carbocycles. The first-order chi connectivity index (χ1) is 15.1. The summed E-state index contributed by atoms with van der Waals surface area (Å²) in [5.74, 6) is 0.0631. The number of carbonyl (C=O) groups is 1. The fourth-order valence-electron chi connectivity index (χ4n) is 2.77. The molecule has 0 spiro atoms. The van der Waals surface area contributed by atoms with Crippen LogP contribution in [0.2, 0.25) is 0 Å². The van der Waals surface area contributed by atoms with Crippen LogP contribution in [0.4, 0.5) is 5.82 Å². The van der Waals surface area contributed by atoms with Gasteiger partial charge >= 0.3 is 0 Å². The Morgan fingerprint density at radius 3 is 2.84 bits per heavy atom. The normalized spacial score (nSPS) is 11.0. The summed E-state index contributed by atoms with van der Waals surface area (Å²) in [4.78, 5) is 12.8. The van der Waals surface area contributed by atoms with E-state index in [2.05, 4.69) is 35.8 Å². The third-order valence-corrected chi connectivity index (χ3v) is 4.17. The first kappa shape index (κ1) is 19.6. The molecule has 0 radical (unpaired) electrons. The number of hydrazone groups is 1. The van der Waals surface area contributed by atoms with Crippen molar-refractivity contribution in [1.29, 1.82) is 0 Å². The van der Waals surface area contributed by atoms with Gasteiger partial charge in [-0.05, 0) is 40.1 Å². The lowest BCUT2D eigenvalue weighted by atomic mass is 10.1. The monoisotopic (exact) mass is 420 g/mol. The molecule has 0 atom stereocenters. The third-order valence-electron chi connectivity index (χ3n) is 4.17. The largest absolute Gasteiger partial charge is 0.508 e. The lowest BCUT2D eigenvalue weighted by Gasteiger charge is -2.07. The quantitative estimate of drug-likeness (QED) is 0.308. The fraction of sp³-hybridized carbons (Fsp3) is 0.0526. The number of rotatable bonds is 6.